The normalized spacial score (nSPS) is 35.1. The molecule has 1 aliphatic carbocycles. The van der Waals surface area contributed by atoms with E-state index >= 15 is 0 Å². The van der Waals surface area contributed by atoms with Gasteiger partial charge in [-0.2, -0.15) is 0 Å². The van der Waals surface area contributed by atoms with Gasteiger partial charge < -0.3 is 0 Å². The number of carbonyl (C=O) groups excluding carboxylic acids is 1. The third kappa shape index (κ3) is 2.60. The highest BCUT2D eigenvalue weighted by atomic mass is 16.1. The third-order valence-corrected chi connectivity index (χ3v) is 4.03. The molecule has 15 heavy (non-hydrogen) atoms. The van der Waals surface area contributed by atoms with Crippen LogP contribution in [-0.4, -0.2) is 29.3 Å². The lowest BCUT2D eigenvalue weighted by atomic mass is 9.91. The first-order valence-corrected chi connectivity index (χ1v) is 6.57. The Morgan fingerprint density at radius 1 is 1.07 bits per heavy atom. The molecule has 2 unspecified atom stereocenters. The number of nitrogens with zero attached hydrogens (tertiary/aromatic N) is 1. The van der Waals surface area contributed by atoms with Gasteiger partial charge >= 0.3 is 0 Å². The van der Waals surface area contributed by atoms with Crippen LogP contribution in [-0.2, 0) is 4.79 Å². The van der Waals surface area contributed by atoms with E-state index in [9.17, 15) is 4.79 Å². The van der Waals surface area contributed by atoms with Crippen molar-refractivity contribution in [3.05, 3.63) is 0 Å². The van der Waals surface area contributed by atoms with E-state index in [2.05, 4.69) is 11.8 Å². The molecule has 0 aromatic carbocycles. The number of Topliss-reactive ketones (excluding diaryl/α,β-unsaturated/α-hetero) is 1. The van der Waals surface area contributed by atoms with E-state index in [1.165, 1.54) is 32.1 Å². The van der Waals surface area contributed by atoms with E-state index in [1.807, 2.05) is 0 Å². The topological polar surface area (TPSA) is 20.3 Å². The van der Waals surface area contributed by atoms with Crippen molar-refractivity contribution >= 4 is 5.78 Å². The molecule has 1 heterocycles. The molecule has 0 amide bonds. The fraction of sp³-hybridized carbons (Fsp3) is 0.923. The van der Waals surface area contributed by atoms with Crippen LogP contribution in [0.2, 0.25) is 0 Å². The highest BCUT2D eigenvalue weighted by Gasteiger charge is 2.31. The summed E-state index contributed by atoms with van der Waals surface area (Å²) in [5.74, 6) is 0.509. The highest BCUT2D eigenvalue weighted by molar-refractivity contribution is 5.84. The summed E-state index contributed by atoms with van der Waals surface area (Å²) >= 11 is 0. The zero-order valence-corrected chi connectivity index (χ0v) is 9.87. The van der Waals surface area contributed by atoms with Gasteiger partial charge in [-0.25, -0.2) is 0 Å². The molecule has 2 heteroatoms. The van der Waals surface area contributed by atoms with Crippen LogP contribution in [0.1, 0.15) is 58.3 Å². The maximum atomic E-state index is 11.9. The van der Waals surface area contributed by atoms with Gasteiger partial charge in [0.2, 0.25) is 0 Å². The molecule has 2 nitrogen and oxygen atoms in total. The van der Waals surface area contributed by atoms with Gasteiger partial charge in [-0.3, -0.25) is 9.69 Å². The van der Waals surface area contributed by atoms with Gasteiger partial charge in [0, 0.05) is 12.5 Å². The Morgan fingerprint density at radius 3 is 2.67 bits per heavy atom. The number of hydrogen-bond acceptors (Lipinski definition) is 2. The zero-order chi connectivity index (χ0) is 10.7. The Hall–Kier alpha value is -0.370. The molecule has 1 aliphatic heterocycles. The Kier molecular flexibility index (Phi) is 3.79. The van der Waals surface area contributed by atoms with E-state index in [4.69, 9.17) is 0 Å². The second-order valence-corrected chi connectivity index (χ2v) is 5.16. The number of carbonyl (C=O) groups is 1. The van der Waals surface area contributed by atoms with Gasteiger partial charge in [-0.1, -0.05) is 19.3 Å². The minimum absolute atomic E-state index is 0.270. The Morgan fingerprint density at radius 2 is 1.87 bits per heavy atom. The largest absolute Gasteiger partial charge is 0.298 e. The molecule has 0 bridgehead atoms. The summed E-state index contributed by atoms with van der Waals surface area (Å²) in [4.78, 5) is 14.4. The molecule has 0 spiro atoms. The second kappa shape index (κ2) is 5.11. The first-order chi connectivity index (χ1) is 7.29. The van der Waals surface area contributed by atoms with Crippen molar-refractivity contribution in [1.29, 1.82) is 0 Å². The summed E-state index contributed by atoms with van der Waals surface area (Å²) < 4.78 is 0. The Balaban J connectivity index is 2.02. The van der Waals surface area contributed by atoms with Crippen molar-refractivity contribution < 1.29 is 4.79 Å². The molecule has 0 aromatic heterocycles. The third-order valence-electron chi connectivity index (χ3n) is 4.03. The van der Waals surface area contributed by atoms with Gasteiger partial charge in [-0.15, -0.1) is 0 Å². The van der Waals surface area contributed by atoms with Gasteiger partial charge in [0.05, 0.1) is 6.04 Å². The lowest BCUT2D eigenvalue weighted by Crippen LogP contribution is -2.47. The van der Waals surface area contributed by atoms with E-state index < -0.39 is 0 Å². The van der Waals surface area contributed by atoms with Crippen LogP contribution in [0.25, 0.3) is 0 Å². The molecule has 0 aromatic rings. The van der Waals surface area contributed by atoms with Crippen molar-refractivity contribution in [2.24, 2.45) is 0 Å². The number of ketones is 1. The lowest BCUT2D eigenvalue weighted by Gasteiger charge is -2.36. The first kappa shape index (κ1) is 11.1. The maximum absolute atomic E-state index is 11.9. The van der Waals surface area contributed by atoms with Crippen molar-refractivity contribution in [3.63, 3.8) is 0 Å². The van der Waals surface area contributed by atoms with Crippen molar-refractivity contribution in [2.75, 3.05) is 6.54 Å². The molecule has 2 aliphatic rings. The molecular weight excluding hydrogens is 186 g/mol. The quantitative estimate of drug-likeness (QED) is 0.662. The van der Waals surface area contributed by atoms with Crippen LogP contribution in [0.15, 0.2) is 0 Å². The predicted octanol–water partition coefficient (Wildman–Crippen LogP) is 2.76. The zero-order valence-electron chi connectivity index (χ0n) is 9.87. The predicted molar refractivity (Wildman–Crippen MR) is 61.9 cm³/mol. The van der Waals surface area contributed by atoms with E-state index in [0.29, 0.717) is 11.8 Å². The van der Waals surface area contributed by atoms with E-state index in [1.54, 1.807) is 0 Å². The summed E-state index contributed by atoms with van der Waals surface area (Å²) in [7, 11) is 0. The van der Waals surface area contributed by atoms with E-state index in [-0.39, 0.29) is 6.04 Å². The number of rotatable bonds is 1. The van der Waals surface area contributed by atoms with Crippen LogP contribution in [0, 0.1) is 0 Å². The minimum Gasteiger partial charge on any atom is -0.298 e. The summed E-state index contributed by atoms with van der Waals surface area (Å²) in [6.45, 7) is 3.45. The van der Waals surface area contributed by atoms with Crippen LogP contribution in [0.3, 0.4) is 0 Å². The van der Waals surface area contributed by atoms with Gasteiger partial charge in [-0.05, 0) is 39.2 Å². The molecule has 1 saturated heterocycles. The summed E-state index contributed by atoms with van der Waals surface area (Å²) in [6.07, 6.45) is 9.58. The molecule has 2 rings (SSSR count). The molecule has 2 atom stereocenters. The number of hydrogen-bond donors (Lipinski definition) is 0. The minimum atomic E-state index is 0.270. The standard InChI is InChI=1S/C13H23NO/c1-11-7-3-2-6-10-14(11)12-8-4-5-9-13(12)15/h11-12H,2-10H2,1H3. The lowest BCUT2D eigenvalue weighted by molar-refractivity contribution is -0.127. The summed E-state index contributed by atoms with van der Waals surface area (Å²) in [5.41, 5.74) is 0. The fourth-order valence-corrected chi connectivity index (χ4v) is 3.08. The van der Waals surface area contributed by atoms with Gasteiger partial charge in [0.25, 0.3) is 0 Å². The highest BCUT2D eigenvalue weighted by Crippen LogP contribution is 2.25. The van der Waals surface area contributed by atoms with Crippen molar-refractivity contribution in [1.82, 2.24) is 4.90 Å². The summed E-state index contributed by atoms with van der Waals surface area (Å²) in [6, 6.07) is 0.895. The first-order valence-electron chi connectivity index (χ1n) is 6.57. The smallest absolute Gasteiger partial charge is 0.149 e. The van der Waals surface area contributed by atoms with Gasteiger partial charge in [0.15, 0.2) is 0 Å². The maximum Gasteiger partial charge on any atom is 0.149 e. The SMILES string of the molecule is CC1CCCCCN1C1CCCCC1=O. The average molecular weight is 209 g/mol. The Bertz CT molecular complexity index is 227. The molecule has 86 valence electrons. The monoisotopic (exact) mass is 209 g/mol. The van der Waals surface area contributed by atoms with Crippen LogP contribution >= 0.6 is 0 Å². The summed E-state index contributed by atoms with van der Waals surface area (Å²) in [5, 5.41) is 0. The molecule has 0 radical (unpaired) electrons. The van der Waals surface area contributed by atoms with Crippen molar-refractivity contribution in [3.8, 4) is 0 Å². The Labute approximate surface area is 93.0 Å². The van der Waals surface area contributed by atoms with Crippen molar-refractivity contribution in [2.45, 2.75) is 70.4 Å². The average Bonchev–Trinajstić information content (AvgIpc) is 2.44. The fourth-order valence-electron chi connectivity index (χ4n) is 3.08. The molecule has 0 N–H and O–H groups in total. The molecule has 2 fully saturated rings. The van der Waals surface area contributed by atoms with Gasteiger partial charge in [0.1, 0.15) is 5.78 Å². The second-order valence-electron chi connectivity index (χ2n) is 5.16. The van der Waals surface area contributed by atoms with Crippen LogP contribution in [0.5, 0.6) is 0 Å². The molecular formula is C13H23NO. The van der Waals surface area contributed by atoms with E-state index in [0.717, 1.165) is 25.8 Å². The molecule has 1 saturated carbocycles. The number of likely N-dealkylation sites (tertiary alicyclic amines) is 1. The van der Waals surface area contributed by atoms with Crippen LogP contribution in [0.4, 0.5) is 0 Å². The van der Waals surface area contributed by atoms with Crippen LogP contribution < -0.4 is 0 Å².